The molecule has 0 spiro atoms. The van der Waals surface area contributed by atoms with Gasteiger partial charge in [0.1, 0.15) is 11.5 Å². The van der Waals surface area contributed by atoms with Gasteiger partial charge in [0.15, 0.2) is 22.9 Å². The standard InChI is InChI=1S/C42H35F2N3O4/c1-6-41(7-2)32-11-9-8-10-28(32)35-30-22-33(49-4)34(50-5)23-31(30)37-29(36(35)41)20-21-42(51-37,26-16-18-27(48-3)19-17-26)25-14-12-24(13-15-25)38-45-39(43)47-40(44)46-38/h8-23H,6-7H2,1-5H3. The summed E-state index contributed by atoms with van der Waals surface area (Å²) in [5.74, 6) is 2.53. The van der Waals surface area contributed by atoms with Crippen molar-refractivity contribution in [3.8, 4) is 45.5 Å². The lowest BCUT2D eigenvalue weighted by molar-refractivity contribution is 0.163. The van der Waals surface area contributed by atoms with Crippen LogP contribution in [0.2, 0.25) is 0 Å². The van der Waals surface area contributed by atoms with E-state index in [0.717, 1.165) is 40.3 Å². The van der Waals surface area contributed by atoms with Crippen molar-refractivity contribution in [3.63, 3.8) is 0 Å². The molecule has 0 bridgehead atoms. The van der Waals surface area contributed by atoms with Crippen molar-refractivity contribution in [2.45, 2.75) is 37.7 Å². The highest BCUT2D eigenvalue weighted by Crippen LogP contribution is 2.61. The molecule has 0 saturated carbocycles. The van der Waals surface area contributed by atoms with Crippen molar-refractivity contribution in [1.82, 2.24) is 15.0 Å². The van der Waals surface area contributed by atoms with E-state index >= 15 is 0 Å². The second-order valence-electron chi connectivity index (χ2n) is 12.8. The molecule has 51 heavy (non-hydrogen) atoms. The average molecular weight is 684 g/mol. The van der Waals surface area contributed by atoms with Crippen molar-refractivity contribution in [2.75, 3.05) is 21.3 Å². The highest BCUT2D eigenvalue weighted by Gasteiger charge is 2.47. The topological polar surface area (TPSA) is 75.6 Å². The van der Waals surface area contributed by atoms with Gasteiger partial charge in [-0.3, -0.25) is 0 Å². The van der Waals surface area contributed by atoms with E-state index in [1.165, 1.54) is 22.3 Å². The fraction of sp³-hybridized carbons (Fsp3) is 0.214. The molecule has 7 nitrogen and oxygen atoms in total. The smallest absolute Gasteiger partial charge is 0.314 e. The van der Waals surface area contributed by atoms with E-state index in [4.69, 9.17) is 18.9 Å². The van der Waals surface area contributed by atoms with Crippen molar-refractivity contribution in [1.29, 1.82) is 0 Å². The molecule has 1 unspecified atom stereocenters. The number of rotatable bonds is 8. The Hall–Kier alpha value is -5.83. The van der Waals surface area contributed by atoms with E-state index in [1.54, 1.807) is 33.5 Å². The highest BCUT2D eigenvalue weighted by atomic mass is 19.1. The minimum atomic E-state index is -1.18. The summed E-state index contributed by atoms with van der Waals surface area (Å²) < 4.78 is 52.5. The molecule has 2 aliphatic rings. The van der Waals surface area contributed by atoms with Gasteiger partial charge in [0.05, 0.1) is 21.3 Å². The molecule has 0 fully saturated rings. The molecule has 0 saturated heterocycles. The van der Waals surface area contributed by atoms with Crippen molar-refractivity contribution >= 4 is 16.8 Å². The van der Waals surface area contributed by atoms with Crippen molar-refractivity contribution in [3.05, 3.63) is 131 Å². The van der Waals surface area contributed by atoms with Crippen LogP contribution in [0.25, 0.3) is 39.4 Å². The Morgan fingerprint density at radius 3 is 1.92 bits per heavy atom. The molecule has 1 aromatic heterocycles. The Morgan fingerprint density at radius 1 is 0.706 bits per heavy atom. The Kier molecular flexibility index (Phi) is 7.74. The number of aromatic nitrogens is 3. The second kappa shape index (κ2) is 12.2. The Labute approximate surface area is 294 Å². The molecule has 2 heterocycles. The number of hydrogen-bond donors (Lipinski definition) is 0. The predicted molar refractivity (Wildman–Crippen MR) is 192 cm³/mol. The van der Waals surface area contributed by atoms with E-state index in [-0.39, 0.29) is 11.2 Å². The molecule has 9 heteroatoms. The van der Waals surface area contributed by atoms with Gasteiger partial charge in [-0.1, -0.05) is 80.6 Å². The van der Waals surface area contributed by atoms with Crippen LogP contribution < -0.4 is 18.9 Å². The highest BCUT2D eigenvalue weighted by molar-refractivity contribution is 6.09. The zero-order valence-corrected chi connectivity index (χ0v) is 28.9. The molecule has 1 atom stereocenters. The van der Waals surface area contributed by atoms with Crippen molar-refractivity contribution < 1.29 is 27.7 Å². The third-order valence-electron chi connectivity index (χ3n) is 10.6. The number of benzene rings is 5. The molecular weight excluding hydrogens is 648 g/mol. The van der Waals surface area contributed by atoms with Crippen LogP contribution in [0.1, 0.15) is 54.5 Å². The molecule has 0 amide bonds. The van der Waals surface area contributed by atoms with Gasteiger partial charge in [0.25, 0.3) is 0 Å². The molecule has 1 aliphatic heterocycles. The van der Waals surface area contributed by atoms with Gasteiger partial charge in [-0.25, -0.2) is 0 Å². The van der Waals surface area contributed by atoms with Crippen LogP contribution >= 0.6 is 0 Å². The average Bonchev–Trinajstić information content (AvgIpc) is 3.47. The van der Waals surface area contributed by atoms with Crippen LogP contribution in [0.5, 0.6) is 23.0 Å². The number of methoxy groups -OCH3 is 3. The third kappa shape index (κ3) is 4.78. The summed E-state index contributed by atoms with van der Waals surface area (Å²) in [6, 6.07) is 27.7. The molecule has 256 valence electrons. The lowest BCUT2D eigenvalue weighted by Crippen LogP contribution is -2.35. The SMILES string of the molecule is CCC1(CC)c2ccccc2-c2c1c1c(c3cc(OC)c(OC)cc23)OC(c2ccc(OC)cc2)(c2ccc(-c3nc(F)nc(F)n3)cc2)C=C1. The van der Waals surface area contributed by atoms with E-state index in [2.05, 4.69) is 71.3 Å². The number of ether oxygens (including phenoxy) is 4. The van der Waals surface area contributed by atoms with Gasteiger partial charge in [-0.2, -0.15) is 23.7 Å². The number of nitrogens with zero attached hydrogens (tertiary/aromatic N) is 3. The van der Waals surface area contributed by atoms with Gasteiger partial charge >= 0.3 is 12.2 Å². The fourth-order valence-corrected chi connectivity index (χ4v) is 8.12. The van der Waals surface area contributed by atoms with Gasteiger partial charge in [-0.15, -0.1) is 0 Å². The van der Waals surface area contributed by atoms with E-state index < -0.39 is 17.8 Å². The molecule has 6 aromatic rings. The van der Waals surface area contributed by atoms with Gasteiger partial charge in [0.2, 0.25) is 0 Å². The van der Waals surface area contributed by atoms with Crippen molar-refractivity contribution in [2.24, 2.45) is 0 Å². The normalized spacial score (nSPS) is 16.6. The molecule has 8 rings (SSSR count). The van der Waals surface area contributed by atoms with Gasteiger partial charge in [-0.05, 0) is 70.8 Å². The zero-order valence-electron chi connectivity index (χ0n) is 28.9. The monoisotopic (exact) mass is 683 g/mol. The molecule has 0 N–H and O–H groups in total. The quantitative estimate of drug-likeness (QED) is 0.158. The first kappa shape index (κ1) is 32.4. The van der Waals surface area contributed by atoms with Crippen LogP contribution in [-0.2, 0) is 11.0 Å². The Morgan fingerprint density at radius 2 is 1.31 bits per heavy atom. The lowest BCUT2D eigenvalue weighted by Gasteiger charge is -2.39. The molecule has 1 aliphatic carbocycles. The molecule has 5 aromatic carbocycles. The predicted octanol–water partition coefficient (Wildman–Crippen LogP) is 9.43. The van der Waals surface area contributed by atoms with Gasteiger partial charge < -0.3 is 18.9 Å². The summed E-state index contributed by atoms with van der Waals surface area (Å²) in [6.45, 7) is 4.50. The first-order chi connectivity index (χ1) is 24.8. The molecular formula is C42H35F2N3O4. The van der Waals surface area contributed by atoms with Crippen LogP contribution in [0, 0.1) is 12.2 Å². The van der Waals surface area contributed by atoms with Crippen LogP contribution in [0.3, 0.4) is 0 Å². The number of fused-ring (bicyclic) bond motifs is 8. The molecule has 0 radical (unpaired) electrons. The number of halogens is 2. The summed E-state index contributed by atoms with van der Waals surface area (Å²) in [5.41, 5.74) is 6.63. The summed E-state index contributed by atoms with van der Waals surface area (Å²) in [6.07, 6.45) is 3.71. The van der Waals surface area contributed by atoms with Crippen LogP contribution in [-0.4, -0.2) is 36.3 Å². The maximum Gasteiger partial charge on any atom is 0.314 e. The maximum atomic E-state index is 13.9. The summed E-state index contributed by atoms with van der Waals surface area (Å²) >= 11 is 0. The second-order valence-corrected chi connectivity index (χ2v) is 12.8. The number of hydrogen-bond acceptors (Lipinski definition) is 7. The van der Waals surface area contributed by atoms with E-state index in [1.807, 2.05) is 42.5 Å². The van der Waals surface area contributed by atoms with Crippen LogP contribution in [0.4, 0.5) is 8.78 Å². The Bertz CT molecular complexity index is 2340. The summed E-state index contributed by atoms with van der Waals surface area (Å²) in [5, 5.41) is 1.89. The lowest BCUT2D eigenvalue weighted by atomic mass is 9.71. The minimum absolute atomic E-state index is 0.104. The Balaban J connectivity index is 1.42. The first-order valence-electron chi connectivity index (χ1n) is 16.9. The minimum Gasteiger partial charge on any atom is -0.497 e. The summed E-state index contributed by atoms with van der Waals surface area (Å²) in [7, 11) is 4.91. The largest absolute Gasteiger partial charge is 0.497 e. The van der Waals surface area contributed by atoms with Crippen LogP contribution in [0.15, 0.2) is 91.0 Å². The van der Waals surface area contributed by atoms with E-state index in [0.29, 0.717) is 28.6 Å². The summed E-state index contributed by atoms with van der Waals surface area (Å²) in [4.78, 5) is 10.4. The first-order valence-corrected chi connectivity index (χ1v) is 16.9. The maximum absolute atomic E-state index is 13.9. The van der Waals surface area contributed by atoms with E-state index in [9.17, 15) is 8.78 Å². The third-order valence-corrected chi connectivity index (χ3v) is 10.6. The van der Waals surface area contributed by atoms with Gasteiger partial charge in [0, 0.05) is 33.1 Å². The zero-order chi connectivity index (χ0) is 35.5. The fourth-order valence-electron chi connectivity index (χ4n) is 8.12.